The number of rotatable bonds is 6. The molecule has 0 bridgehead atoms. The molecule has 0 amide bonds. The molecular formula is C13H17NO2. The molecule has 3 heteroatoms. The molecule has 16 heavy (non-hydrogen) atoms. The number of hydrogen-bond acceptors (Lipinski definition) is 3. The summed E-state index contributed by atoms with van der Waals surface area (Å²) in [4.78, 5) is 0. The van der Waals surface area contributed by atoms with Gasteiger partial charge in [0.1, 0.15) is 0 Å². The highest BCUT2D eigenvalue weighted by atomic mass is 16.5. The Labute approximate surface area is 96.6 Å². The van der Waals surface area contributed by atoms with Gasteiger partial charge in [-0.2, -0.15) is 0 Å². The molecule has 1 rings (SSSR count). The fourth-order valence-corrected chi connectivity index (χ4v) is 1.45. The van der Waals surface area contributed by atoms with Crippen LogP contribution in [0.15, 0.2) is 18.2 Å². The summed E-state index contributed by atoms with van der Waals surface area (Å²) < 4.78 is 10.9. The van der Waals surface area contributed by atoms with E-state index in [1.54, 1.807) is 7.11 Å². The maximum Gasteiger partial charge on any atom is 0.164 e. The van der Waals surface area contributed by atoms with Crippen molar-refractivity contribution in [3.63, 3.8) is 0 Å². The quantitative estimate of drug-likeness (QED) is 0.584. The van der Waals surface area contributed by atoms with E-state index in [-0.39, 0.29) is 0 Å². The highest BCUT2D eigenvalue weighted by Gasteiger charge is 2.09. The Balaban J connectivity index is 2.86. The number of methoxy groups -OCH3 is 1. The number of nitrogens with two attached hydrogens (primary N) is 1. The Kier molecular flexibility index (Phi) is 5.24. The Hall–Kier alpha value is -1.66. The number of hydrogen-bond donors (Lipinski definition) is 1. The molecule has 1 aromatic rings. The van der Waals surface area contributed by atoms with Crippen LogP contribution in [0.1, 0.15) is 12.0 Å². The van der Waals surface area contributed by atoms with Crippen molar-refractivity contribution >= 4 is 0 Å². The Morgan fingerprint density at radius 3 is 2.88 bits per heavy atom. The third-order valence-corrected chi connectivity index (χ3v) is 2.19. The molecule has 0 fully saturated rings. The average molecular weight is 219 g/mol. The maximum atomic E-state index is 5.63. The van der Waals surface area contributed by atoms with E-state index in [0.717, 1.165) is 23.5 Å². The zero-order valence-electron chi connectivity index (χ0n) is 9.53. The molecule has 1 aromatic carbocycles. The second-order valence-corrected chi connectivity index (χ2v) is 3.29. The van der Waals surface area contributed by atoms with Gasteiger partial charge in [-0.15, -0.1) is 12.3 Å². The van der Waals surface area contributed by atoms with E-state index in [0.29, 0.717) is 19.6 Å². The van der Waals surface area contributed by atoms with Gasteiger partial charge >= 0.3 is 0 Å². The van der Waals surface area contributed by atoms with Crippen LogP contribution in [0.3, 0.4) is 0 Å². The van der Waals surface area contributed by atoms with E-state index in [1.807, 2.05) is 18.2 Å². The summed E-state index contributed by atoms with van der Waals surface area (Å²) in [6.45, 7) is 1.08. The average Bonchev–Trinajstić information content (AvgIpc) is 2.31. The van der Waals surface area contributed by atoms with Crippen LogP contribution in [0.4, 0.5) is 0 Å². The third kappa shape index (κ3) is 3.18. The first kappa shape index (κ1) is 12.4. The highest BCUT2D eigenvalue weighted by Crippen LogP contribution is 2.31. The Bertz CT molecular complexity index is 369. The number of ether oxygens (including phenoxy) is 2. The summed E-state index contributed by atoms with van der Waals surface area (Å²) in [5.74, 6) is 4.02. The fourth-order valence-electron chi connectivity index (χ4n) is 1.45. The largest absolute Gasteiger partial charge is 0.493 e. The number of terminal acetylenes is 1. The van der Waals surface area contributed by atoms with Gasteiger partial charge in [0.2, 0.25) is 0 Å². The van der Waals surface area contributed by atoms with Crippen molar-refractivity contribution in [1.82, 2.24) is 0 Å². The van der Waals surface area contributed by atoms with Crippen LogP contribution < -0.4 is 15.2 Å². The van der Waals surface area contributed by atoms with E-state index >= 15 is 0 Å². The minimum absolute atomic E-state index is 0.494. The number of para-hydroxylation sites is 1. The first-order valence-corrected chi connectivity index (χ1v) is 5.25. The molecule has 0 aliphatic heterocycles. The molecule has 0 saturated heterocycles. The van der Waals surface area contributed by atoms with Crippen molar-refractivity contribution in [2.24, 2.45) is 5.73 Å². The topological polar surface area (TPSA) is 44.5 Å². The molecule has 0 spiro atoms. The van der Waals surface area contributed by atoms with E-state index in [4.69, 9.17) is 21.6 Å². The smallest absolute Gasteiger partial charge is 0.164 e. The molecule has 0 heterocycles. The summed E-state index contributed by atoms with van der Waals surface area (Å²) in [5.41, 5.74) is 6.60. The summed E-state index contributed by atoms with van der Waals surface area (Å²) in [7, 11) is 1.62. The Morgan fingerprint density at radius 1 is 1.44 bits per heavy atom. The highest BCUT2D eigenvalue weighted by molar-refractivity contribution is 5.46. The van der Waals surface area contributed by atoms with Crippen LogP contribution in [0, 0.1) is 12.3 Å². The maximum absolute atomic E-state index is 5.63. The second kappa shape index (κ2) is 6.76. The summed E-state index contributed by atoms with van der Waals surface area (Å²) in [5, 5.41) is 0. The molecule has 0 unspecified atom stereocenters. The van der Waals surface area contributed by atoms with Gasteiger partial charge in [-0.1, -0.05) is 12.1 Å². The van der Waals surface area contributed by atoms with Crippen LogP contribution in [-0.4, -0.2) is 20.3 Å². The predicted octanol–water partition coefficient (Wildman–Crippen LogP) is 1.60. The van der Waals surface area contributed by atoms with Gasteiger partial charge in [-0.05, 0) is 24.6 Å². The lowest BCUT2D eigenvalue weighted by atomic mass is 10.1. The van der Waals surface area contributed by atoms with Gasteiger partial charge in [0, 0.05) is 6.42 Å². The van der Waals surface area contributed by atoms with Gasteiger partial charge in [0.15, 0.2) is 11.5 Å². The molecule has 3 nitrogen and oxygen atoms in total. The molecular weight excluding hydrogens is 202 g/mol. The number of benzene rings is 1. The van der Waals surface area contributed by atoms with E-state index < -0.39 is 0 Å². The normalized spacial score (nSPS) is 9.56. The van der Waals surface area contributed by atoms with Gasteiger partial charge in [0.25, 0.3) is 0 Å². The minimum atomic E-state index is 0.494. The monoisotopic (exact) mass is 219 g/mol. The SMILES string of the molecule is C#CCCOc1c(CCN)cccc1OC. The first-order chi connectivity index (χ1) is 7.83. The Morgan fingerprint density at radius 2 is 2.25 bits per heavy atom. The molecule has 0 radical (unpaired) electrons. The summed E-state index contributed by atoms with van der Waals surface area (Å²) >= 11 is 0. The van der Waals surface area contributed by atoms with Gasteiger partial charge in [-0.3, -0.25) is 0 Å². The zero-order valence-corrected chi connectivity index (χ0v) is 9.53. The fraction of sp³-hybridized carbons (Fsp3) is 0.385. The molecule has 0 aliphatic carbocycles. The third-order valence-electron chi connectivity index (χ3n) is 2.19. The van der Waals surface area contributed by atoms with Crippen molar-refractivity contribution in [3.05, 3.63) is 23.8 Å². The van der Waals surface area contributed by atoms with Crippen molar-refractivity contribution in [2.45, 2.75) is 12.8 Å². The van der Waals surface area contributed by atoms with E-state index in [2.05, 4.69) is 5.92 Å². The van der Waals surface area contributed by atoms with Crippen molar-refractivity contribution < 1.29 is 9.47 Å². The van der Waals surface area contributed by atoms with E-state index in [9.17, 15) is 0 Å². The summed E-state index contributed by atoms with van der Waals surface area (Å²) in [6, 6.07) is 5.78. The molecule has 0 aliphatic rings. The molecule has 0 aromatic heterocycles. The van der Waals surface area contributed by atoms with Crippen LogP contribution in [0.25, 0.3) is 0 Å². The van der Waals surface area contributed by atoms with Gasteiger partial charge < -0.3 is 15.2 Å². The minimum Gasteiger partial charge on any atom is -0.493 e. The zero-order chi connectivity index (χ0) is 11.8. The second-order valence-electron chi connectivity index (χ2n) is 3.29. The van der Waals surface area contributed by atoms with Gasteiger partial charge in [0.05, 0.1) is 13.7 Å². The lowest BCUT2D eigenvalue weighted by Gasteiger charge is -2.13. The lowest BCUT2D eigenvalue weighted by molar-refractivity contribution is 0.298. The van der Waals surface area contributed by atoms with Crippen LogP contribution >= 0.6 is 0 Å². The standard InChI is InChI=1S/C13H17NO2/c1-3-4-10-16-13-11(8-9-14)6-5-7-12(13)15-2/h1,5-7H,4,8-10,14H2,2H3. The van der Waals surface area contributed by atoms with E-state index in [1.165, 1.54) is 0 Å². The first-order valence-electron chi connectivity index (χ1n) is 5.25. The summed E-state index contributed by atoms with van der Waals surface area (Å²) in [6.07, 6.45) is 6.53. The van der Waals surface area contributed by atoms with Crippen LogP contribution in [-0.2, 0) is 6.42 Å². The predicted molar refractivity (Wildman–Crippen MR) is 64.7 cm³/mol. The van der Waals surface area contributed by atoms with Gasteiger partial charge in [-0.25, -0.2) is 0 Å². The molecule has 2 N–H and O–H groups in total. The lowest BCUT2D eigenvalue weighted by Crippen LogP contribution is -2.07. The van der Waals surface area contributed by atoms with Crippen molar-refractivity contribution in [1.29, 1.82) is 0 Å². The van der Waals surface area contributed by atoms with Crippen molar-refractivity contribution in [3.8, 4) is 23.8 Å². The van der Waals surface area contributed by atoms with Crippen LogP contribution in [0.5, 0.6) is 11.5 Å². The molecule has 86 valence electrons. The van der Waals surface area contributed by atoms with Crippen LogP contribution in [0.2, 0.25) is 0 Å². The molecule has 0 saturated carbocycles. The molecule has 0 atom stereocenters. The van der Waals surface area contributed by atoms with Crippen molar-refractivity contribution in [2.75, 3.05) is 20.3 Å².